The topological polar surface area (TPSA) is 84.0 Å². The summed E-state index contributed by atoms with van der Waals surface area (Å²) in [6, 6.07) is 14.9. The zero-order valence-corrected chi connectivity index (χ0v) is 16.6. The average Bonchev–Trinajstić information content (AvgIpc) is 2.73. The van der Waals surface area contributed by atoms with Crippen molar-refractivity contribution in [1.82, 2.24) is 16.0 Å². The lowest BCUT2D eigenvalue weighted by molar-refractivity contribution is 0.0954. The van der Waals surface area contributed by atoms with E-state index in [2.05, 4.69) is 20.9 Å². The van der Waals surface area contributed by atoms with Crippen LogP contribution in [0, 0.1) is 6.92 Å². The first-order chi connectivity index (χ1) is 13.6. The van der Waals surface area contributed by atoms with Gasteiger partial charge in [0.05, 0.1) is 13.7 Å². The van der Waals surface area contributed by atoms with Gasteiger partial charge in [0.1, 0.15) is 18.1 Å². The maximum atomic E-state index is 12.1. The predicted octanol–water partition coefficient (Wildman–Crippen LogP) is 1.98. The Morgan fingerprint density at radius 2 is 1.50 bits per heavy atom. The number of nitrogens with one attached hydrogen (secondary N) is 3. The molecule has 0 saturated heterocycles. The highest BCUT2D eigenvalue weighted by Gasteiger charge is 2.05. The smallest absolute Gasteiger partial charge is 0.251 e. The van der Waals surface area contributed by atoms with Crippen LogP contribution in [0.4, 0.5) is 0 Å². The molecule has 7 heteroatoms. The third kappa shape index (κ3) is 7.19. The summed E-state index contributed by atoms with van der Waals surface area (Å²) in [5.74, 6) is 2.10. The Hall–Kier alpha value is -3.22. The number of hydrogen-bond donors (Lipinski definition) is 3. The Balaban J connectivity index is 1.61. The second kappa shape index (κ2) is 11.5. The van der Waals surface area contributed by atoms with Gasteiger partial charge in [-0.2, -0.15) is 0 Å². The number of guanidine groups is 1. The van der Waals surface area contributed by atoms with Crippen LogP contribution in [-0.2, 0) is 0 Å². The van der Waals surface area contributed by atoms with Crippen LogP contribution >= 0.6 is 0 Å². The van der Waals surface area contributed by atoms with E-state index in [9.17, 15) is 4.79 Å². The van der Waals surface area contributed by atoms with Gasteiger partial charge in [-0.25, -0.2) is 0 Å². The quantitative estimate of drug-likeness (QED) is 0.350. The molecule has 2 aromatic rings. The highest BCUT2D eigenvalue weighted by molar-refractivity contribution is 5.94. The zero-order valence-electron chi connectivity index (χ0n) is 16.6. The highest BCUT2D eigenvalue weighted by atomic mass is 16.5. The van der Waals surface area contributed by atoms with E-state index in [1.165, 1.54) is 5.56 Å². The van der Waals surface area contributed by atoms with Gasteiger partial charge in [-0.1, -0.05) is 17.7 Å². The maximum Gasteiger partial charge on any atom is 0.251 e. The van der Waals surface area contributed by atoms with Crippen LogP contribution in [0.25, 0.3) is 0 Å². The standard InChI is InChI=1S/C21H28N4O3/c1-16-4-8-19(9-5-16)28-15-14-25-21(22-2)24-13-12-23-20(26)17-6-10-18(27-3)11-7-17/h4-11H,12-15H2,1-3H3,(H,23,26)(H2,22,24,25). The van der Waals surface area contributed by atoms with E-state index in [4.69, 9.17) is 9.47 Å². The van der Waals surface area contributed by atoms with Crippen molar-refractivity contribution in [2.75, 3.05) is 40.4 Å². The van der Waals surface area contributed by atoms with Gasteiger partial charge in [0, 0.05) is 25.7 Å². The van der Waals surface area contributed by atoms with Gasteiger partial charge in [0.25, 0.3) is 5.91 Å². The van der Waals surface area contributed by atoms with Crippen molar-refractivity contribution in [3.05, 3.63) is 59.7 Å². The molecule has 2 rings (SSSR count). The molecular formula is C21H28N4O3. The first-order valence-electron chi connectivity index (χ1n) is 9.18. The van der Waals surface area contributed by atoms with Gasteiger partial charge in [-0.15, -0.1) is 0 Å². The van der Waals surface area contributed by atoms with E-state index in [1.807, 2.05) is 31.2 Å². The van der Waals surface area contributed by atoms with Crippen molar-refractivity contribution in [3.8, 4) is 11.5 Å². The van der Waals surface area contributed by atoms with Crippen molar-refractivity contribution in [1.29, 1.82) is 0 Å². The van der Waals surface area contributed by atoms with Crippen LogP contribution in [0.2, 0.25) is 0 Å². The number of carbonyl (C=O) groups excluding carboxylic acids is 1. The fourth-order valence-electron chi connectivity index (χ4n) is 2.39. The summed E-state index contributed by atoms with van der Waals surface area (Å²) in [6.45, 7) is 4.22. The number of benzene rings is 2. The number of carbonyl (C=O) groups is 1. The molecule has 7 nitrogen and oxygen atoms in total. The molecule has 150 valence electrons. The molecule has 0 aromatic heterocycles. The molecule has 0 fully saturated rings. The Kier molecular flexibility index (Phi) is 8.65. The van der Waals surface area contributed by atoms with Crippen molar-refractivity contribution in [3.63, 3.8) is 0 Å². The van der Waals surface area contributed by atoms with Gasteiger partial charge in [-0.05, 0) is 43.3 Å². The van der Waals surface area contributed by atoms with Gasteiger partial charge in [-0.3, -0.25) is 9.79 Å². The SMILES string of the molecule is CN=C(NCCNC(=O)c1ccc(OC)cc1)NCCOc1ccc(C)cc1. The van der Waals surface area contributed by atoms with Crippen molar-refractivity contribution >= 4 is 11.9 Å². The van der Waals surface area contributed by atoms with Crippen LogP contribution < -0.4 is 25.4 Å². The fourth-order valence-corrected chi connectivity index (χ4v) is 2.39. The number of ether oxygens (including phenoxy) is 2. The van der Waals surface area contributed by atoms with Crippen molar-refractivity contribution < 1.29 is 14.3 Å². The zero-order chi connectivity index (χ0) is 20.2. The molecule has 0 spiro atoms. The largest absolute Gasteiger partial charge is 0.497 e. The number of nitrogens with zero attached hydrogens (tertiary/aromatic N) is 1. The maximum absolute atomic E-state index is 12.1. The summed E-state index contributed by atoms with van der Waals surface area (Å²) in [5.41, 5.74) is 1.80. The number of rotatable bonds is 9. The van der Waals surface area contributed by atoms with Gasteiger partial charge in [0.15, 0.2) is 5.96 Å². The molecule has 28 heavy (non-hydrogen) atoms. The molecule has 0 radical (unpaired) electrons. The summed E-state index contributed by atoms with van der Waals surface area (Å²) >= 11 is 0. The Morgan fingerprint density at radius 1 is 0.893 bits per heavy atom. The molecule has 0 aliphatic carbocycles. The van der Waals surface area contributed by atoms with E-state index in [1.54, 1.807) is 38.4 Å². The van der Waals surface area contributed by atoms with Gasteiger partial charge < -0.3 is 25.4 Å². The minimum Gasteiger partial charge on any atom is -0.497 e. The van der Waals surface area contributed by atoms with E-state index in [0.29, 0.717) is 37.8 Å². The normalized spacial score (nSPS) is 10.9. The predicted molar refractivity (Wildman–Crippen MR) is 111 cm³/mol. The van der Waals surface area contributed by atoms with Crippen LogP contribution in [0.5, 0.6) is 11.5 Å². The van der Waals surface area contributed by atoms with Crippen molar-refractivity contribution in [2.24, 2.45) is 4.99 Å². The lowest BCUT2D eigenvalue weighted by Crippen LogP contribution is -2.42. The van der Waals surface area contributed by atoms with Crippen LogP contribution in [0.3, 0.4) is 0 Å². The number of amides is 1. The first kappa shape index (κ1) is 21.1. The molecule has 0 saturated carbocycles. The summed E-state index contributed by atoms with van der Waals surface area (Å²) in [5, 5.41) is 9.18. The summed E-state index contributed by atoms with van der Waals surface area (Å²) < 4.78 is 10.8. The summed E-state index contributed by atoms with van der Waals surface area (Å²) in [7, 11) is 3.29. The number of methoxy groups -OCH3 is 1. The van der Waals surface area contributed by atoms with Crippen LogP contribution in [0.1, 0.15) is 15.9 Å². The fraction of sp³-hybridized carbons (Fsp3) is 0.333. The molecule has 0 bridgehead atoms. The van der Waals surface area contributed by atoms with Gasteiger partial charge in [0.2, 0.25) is 0 Å². The third-order valence-electron chi connectivity index (χ3n) is 3.96. The molecule has 0 atom stereocenters. The van der Waals surface area contributed by atoms with E-state index >= 15 is 0 Å². The second-order valence-corrected chi connectivity index (χ2v) is 6.07. The van der Waals surface area contributed by atoms with E-state index in [-0.39, 0.29) is 5.91 Å². The number of hydrogen-bond acceptors (Lipinski definition) is 4. The molecular weight excluding hydrogens is 356 g/mol. The van der Waals surface area contributed by atoms with Crippen LogP contribution in [0.15, 0.2) is 53.5 Å². The van der Waals surface area contributed by atoms with Gasteiger partial charge >= 0.3 is 0 Å². The molecule has 1 amide bonds. The third-order valence-corrected chi connectivity index (χ3v) is 3.96. The minimum atomic E-state index is -0.126. The van der Waals surface area contributed by atoms with E-state index < -0.39 is 0 Å². The molecule has 0 unspecified atom stereocenters. The van der Waals surface area contributed by atoms with E-state index in [0.717, 1.165) is 11.5 Å². The lowest BCUT2D eigenvalue weighted by atomic mass is 10.2. The molecule has 0 aliphatic rings. The molecule has 0 aliphatic heterocycles. The Labute approximate surface area is 166 Å². The molecule has 2 aromatic carbocycles. The van der Waals surface area contributed by atoms with Crippen LogP contribution in [-0.4, -0.2) is 52.3 Å². The molecule has 3 N–H and O–H groups in total. The highest BCUT2D eigenvalue weighted by Crippen LogP contribution is 2.11. The number of aliphatic imine (C=N–C) groups is 1. The summed E-state index contributed by atoms with van der Waals surface area (Å²) in [6.07, 6.45) is 0. The minimum absolute atomic E-state index is 0.126. The van der Waals surface area contributed by atoms with Crippen molar-refractivity contribution in [2.45, 2.75) is 6.92 Å². The number of aryl methyl sites for hydroxylation is 1. The lowest BCUT2D eigenvalue weighted by Gasteiger charge is -2.13. The average molecular weight is 384 g/mol. The Morgan fingerprint density at radius 3 is 2.14 bits per heavy atom. The summed E-state index contributed by atoms with van der Waals surface area (Å²) in [4.78, 5) is 16.2. The Bertz CT molecular complexity index is 758. The second-order valence-electron chi connectivity index (χ2n) is 6.07. The monoisotopic (exact) mass is 384 g/mol. The molecule has 0 heterocycles. The first-order valence-corrected chi connectivity index (χ1v) is 9.18.